The maximum absolute atomic E-state index is 5.78. The van der Waals surface area contributed by atoms with Gasteiger partial charge >= 0.3 is 0 Å². The van der Waals surface area contributed by atoms with E-state index in [4.69, 9.17) is 4.74 Å². The molecular weight excluding hydrogens is 214 g/mol. The van der Waals surface area contributed by atoms with Crippen LogP contribution in [0, 0.1) is 0 Å². The lowest BCUT2D eigenvalue weighted by Gasteiger charge is -2.33. The number of rotatable bonds is 4. The van der Waals surface area contributed by atoms with Crippen molar-refractivity contribution in [2.24, 2.45) is 0 Å². The molecule has 2 fully saturated rings. The molecule has 92 valence electrons. The first-order valence-corrected chi connectivity index (χ1v) is 6.42. The Labute approximate surface area is 102 Å². The number of hydrogen-bond donors (Lipinski definition) is 1. The highest BCUT2D eigenvalue weighted by Gasteiger charge is 2.32. The molecule has 1 aromatic heterocycles. The Morgan fingerprint density at radius 3 is 3.12 bits per heavy atom. The largest absolute Gasteiger partial charge is 0.374 e. The summed E-state index contributed by atoms with van der Waals surface area (Å²) in [7, 11) is 0. The minimum absolute atomic E-state index is 0.298. The fourth-order valence-electron chi connectivity index (χ4n) is 2.32. The van der Waals surface area contributed by atoms with Crippen molar-refractivity contribution in [3.05, 3.63) is 24.4 Å². The summed E-state index contributed by atoms with van der Waals surface area (Å²) in [5, 5.41) is 3.33. The number of pyridine rings is 1. The number of hydrogen-bond acceptors (Lipinski definition) is 4. The van der Waals surface area contributed by atoms with Crippen molar-refractivity contribution < 1.29 is 4.74 Å². The summed E-state index contributed by atoms with van der Waals surface area (Å²) in [6, 6.07) is 6.75. The van der Waals surface area contributed by atoms with Crippen LogP contribution in [0.15, 0.2) is 24.4 Å². The fourth-order valence-corrected chi connectivity index (χ4v) is 2.32. The molecular formula is C13H19N3O. The number of morpholine rings is 1. The van der Waals surface area contributed by atoms with Crippen molar-refractivity contribution in [3.63, 3.8) is 0 Å². The van der Waals surface area contributed by atoms with Gasteiger partial charge in [-0.2, -0.15) is 0 Å². The normalized spacial score (nSPS) is 25.8. The molecule has 0 radical (unpaired) electrons. The van der Waals surface area contributed by atoms with E-state index in [1.807, 2.05) is 18.2 Å². The van der Waals surface area contributed by atoms with Crippen LogP contribution in [0.2, 0.25) is 0 Å². The molecule has 1 aromatic rings. The molecule has 0 amide bonds. The first kappa shape index (κ1) is 11.0. The lowest BCUT2D eigenvalue weighted by Crippen LogP contribution is -2.46. The van der Waals surface area contributed by atoms with Gasteiger partial charge < -0.3 is 10.1 Å². The molecule has 0 bridgehead atoms. The zero-order chi connectivity index (χ0) is 11.5. The van der Waals surface area contributed by atoms with Gasteiger partial charge in [0, 0.05) is 31.9 Å². The summed E-state index contributed by atoms with van der Waals surface area (Å²) in [5.41, 5.74) is 0. The summed E-state index contributed by atoms with van der Waals surface area (Å²) < 4.78 is 5.78. The Kier molecular flexibility index (Phi) is 3.25. The third-order valence-corrected chi connectivity index (χ3v) is 3.41. The molecule has 17 heavy (non-hydrogen) atoms. The van der Waals surface area contributed by atoms with Crippen molar-refractivity contribution in [1.82, 2.24) is 9.88 Å². The predicted molar refractivity (Wildman–Crippen MR) is 67.1 cm³/mol. The molecule has 1 saturated carbocycles. The third-order valence-electron chi connectivity index (χ3n) is 3.41. The maximum atomic E-state index is 5.78. The van der Waals surface area contributed by atoms with Crippen LogP contribution in [0.25, 0.3) is 0 Å². The maximum Gasteiger partial charge on any atom is 0.125 e. The Morgan fingerprint density at radius 1 is 1.41 bits per heavy atom. The summed E-state index contributed by atoms with van der Waals surface area (Å²) in [6.45, 7) is 3.88. The zero-order valence-electron chi connectivity index (χ0n) is 10.0. The quantitative estimate of drug-likeness (QED) is 0.852. The van der Waals surface area contributed by atoms with Gasteiger partial charge in [0.2, 0.25) is 0 Å². The van der Waals surface area contributed by atoms with Crippen LogP contribution in [-0.4, -0.2) is 48.3 Å². The second-order valence-electron chi connectivity index (χ2n) is 4.81. The molecule has 0 spiro atoms. The van der Waals surface area contributed by atoms with Gasteiger partial charge in [-0.3, -0.25) is 4.90 Å². The van der Waals surface area contributed by atoms with E-state index in [0.717, 1.165) is 38.1 Å². The average Bonchev–Trinajstić information content (AvgIpc) is 3.22. The highest BCUT2D eigenvalue weighted by molar-refractivity contribution is 5.33. The highest BCUT2D eigenvalue weighted by atomic mass is 16.5. The summed E-state index contributed by atoms with van der Waals surface area (Å²) in [5.74, 6) is 0.930. The van der Waals surface area contributed by atoms with Crippen LogP contribution < -0.4 is 5.32 Å². The SMILES string of the molecule is c1ccc(NCC2CN(C3CC3)CCO2)nc1. The van der Waals surface area contributed by atoms with Gasteiger partial charge in [-0.25, -0.2) is 4.98 Å². The van der Waals surface area contributed by atoms with Gasteiger partial charge in [-0.15, -0.1) is 0 Å². The van der Waals surface area contributed by atoms with Crippen molar-refractivity contribution in [3.8, 4) is 0 Å². The number of nitrogens with one attached hydrogen (secondary N) is 1. The molecule has 1 atom stereocenters. The summed E-state index contributed by atoms with van der Waals surface area (Å²) in [4.78, 5) is 6.81. The first-order chi connectivity index (χ1) is 8.42. The van der Waals surface area contributed by atoms with Crippen LogP contribution in [-0.2, 0) is 4.74 Å². The number of nitrogens with zero attached hydrogens (tertiary/aromatic N) is 2. The second-order valence-corrected chi connectivity index (χ2v) is 4.81. The van der Waals surface area contributed by atoms with Crippen LogP contribution in [0.3, 0.4) is 0 Å². The van der Waals surface area contributed by atoms with E-state index in [1.54, 1.807) is 6.20 Å². The topological polar surface area (TPSA) is 37.4 Å². The lowest BCUT2D eigenvalue weighted by molar-refractivity contribution is -0.0241. The molecule has 2 heterocycles. The smallest absolute Gasteiger partial charge is 0.125 e. The standard InChI is InChI=1S/C13H19N3O/c1-2-6-14-13(3-1)15-9-12-10-16(7-8-17-12)11-4-5-11/h1-3,6,11-12H,4-5,7-10H2,(H,14,15). The van der Waals surface area contributed by atoms with Crippen LogP contribution in [0.5, 0.6) is 0 Å². The molecule has 1 saturated heterocycles. The molecule has 0 aromatic carbocycles. The van der Waals surface area contributed by atoms with Gasteiger partial charge in [0.25, 0.3) is 0 Å². The Balaban J connectivity index is 1.48. The van der Waals surface area contributed by atoms with E-state index < -0.39 is 0 Å². The van der Waals surface area contributed by atoms with Crippen LogP contribution in [0.1, 0.15) is 12.8 Å². The predicted octanol–water partition coefficient (Wildman–Crippen LogP) is 1.36. The molecule has 2 aliphatic rings. The minimum Gasteiger partial charge on any atom is -0.374 e. The van der Waals surface area contributed by atoms with E-state index in [9.17, 15) is 0 Å². The van der Waals surface area contributed by atoms with Gasteiger partial charge in [0.05, 0.1) is 12.7 Å². The number of aromatic nitrogens is 1. The van der Waals surface area contributed by atoms with E-state index in [-0.39, 0.29) is 0 Å². The molecule has 4 nitrogen and oxygen atoms in total. The van der Waals surface area contributed by atoms with Gasteiger partial charge in [-0.05, 0) is 25.0 Å². The molecule has 1 unspecified atom stereocenters. The monoisotopic (exact) mass is 233 g/mol. The highest BCUT2D eigenvalue weighted by Crippen LogP contribution is 2.28. The Morgan fingerprint density at radius 2 is 2.35 bits per heavy atom. The van der Waals surface area contributed by atoms with Gasteiger partial charge in [0.15, 0.2) is 0 Å². The molecule has 3 rings (SSSR count). The van der Waals surface area contributed by atoms with Crippen molar-refractivity contribution in [2.45, 2.75) is 25.0 Å². The number of ether oxygens (including phenoxy) is 1. The summed E-state index contributed by atoms with van der Waals surface area (Å²) >= 11 is 0. The molecule has 1 aliphatic carbocycles. The van der Waals surface area contributed by atoms with Crippen molar-refractivity contribution in [1.29, 1.82) is 0 Å². The molecule has 1 N–H and O–H groups in total. The van der Waals surface area contributed by atoms with Crippen molar-refractivity contribution >= 4 is 5.82 Å². The summed E-state index contributed by atoms with van der Waals surface area (Å²) in [6.07, 6.45) is 4.85. The number of anilines is 1. The average molecular weight is 233 g/mol. The second kappa shape index (κ2) is 5.02. The van der Waals surface area contributed by atoms with Crippen LogP contribution >= 0.6 is 0 Å². The van der Waals surface area contributed by atoms with E-state index in [0.29, 0.717) is 6.10 Å². The van der Waals surface area contributed by atoms with Crippen LogP contribution in [0.4, 0.5) is 5.82 Å². The van der Waals surface area contributed by atoms with Gasteiger partial charge in [0.1, 0.15) is 5.82 Å². The molecule has 1 aliphatic heterocycles. The zero-order valence-corrected chi connectivity index (χ0v) is 10.0. The van der Waals surface area contributed by atoms with E-state index >= 15 is 0 Å². The Bertz CT molecular complexity index is 353. The van der Waals surface area contributed by atoms with E-state index in [2.05, 4.69) is 15.2 Å². The van der Waals surface area contributed by atoms with Gasteiger partial charge in [-0.1, -0.05) is 6.07 Å². The molecule has 4 heteroatoms. The first-order valence-electron chi connectivity index (χ1n) is 6.42. The fraction of sp³-hybridized carbons (Fsp3) is 0.615. The van der Waals surface area contributed by atoms with Crippen molar-refractivity contribution in [2.75, 3.05) is 31.6 Å². The lowest BCUT2D eigenvalue weighted by atomic mass is 10.2. The Hall–Kier alpha value is -1.13. The van der Waals surface area contributed by atoms with E-state index in [1.165, 1.54) is 12.8 Å². The third kappa shape index (κ3) is 2.96. The minimum atomic E-state index is 0.298.